The lowest BCUT2D eigenvalue weighted by molar-refractivity contribution is -0.114. The molecule has 0 aromatic heterocycles. The number of hydrogen-bond acceptors (Lipinski definition) is 4. The fraction of sp³-hybridized carbons (Fsp3) is 0.167. The van der Waals surface area contributed by atoms with Gasteiger partial charge in [0, 0.05) is 16.3 Å². The lowest BCUT2D eigenvalue weighted by Crippen LogP contribution is -2.38. The summed E-state index contributed by atoms with van der Waals surface area (Å²) in [5.74, 6) is 0.406. The Balaban J connectivity index is 1.53. The van der Waals surface area contributed by atoms with Crippen LogP contribution >= 0.6 is 11.8 Å². The first kappa shape index (κ1) is 26.5. The van der Waals surface area contributed by atoms with Gasteiger partial charge in [-0.25, -0.2) is 8.42 Å². The Bertz CT molecular complexity index is 1490. The van der Waals surface area contributed by atoms with Crippen LogP contribution in [0.15, 0.2) is 107 Å². The number of nitrogens with zero attached hydrogens (tertiary/aromatic N) is 1. The summed E-state index contributed by atoms with van der Waals surface area (Å²) in [4.78, 5) is 14.5. The van der Waals surface area contributed by atoms with Crippen LogP contribution in [0.2, 0.25) is 0 Å². The highest BCUT2D eigenvalue weighted by atomic mass is 32.2. The number of anilines is 2. The zero-order chi connectivity index (χ0) is 26.4. The van der Waals surface area contributed by atoms with Crippen molar-refractivity contribution in [3.8, 4) is 0 Å². The minimum atomic E-state index is -3.96. The van der Waals surface area contributed by atoms with Gasteiger partial charge in [-0.3, -0.25) is 9.10 Å². The average molecular weight is 531 g/mol. The molecule has 4 rings (SSSR count). The van der Waals surface area contributed by atoms with Crippen LogP contribution in [0.3, 0.4) is 0 Å². The largest absolute Gasteiger partial charge is 0.324 e. The molecule has 190 valence electrons. The Labute approximate surface area is 223 Å². The zero-order valence-corrected chi connectivity index (χ0v) is 22.8. The Morgan fingerprint density at radius 3 is 2.14 bits per heavy atom. The van der Waals surface area contributed by atoms with Gasteiger partial charge in [-0.1, -0.05) is 66.2 Å². The van der Waals surface area contributed by atoms with E-state index in [9.17, 15) is 13.2 Å². The molecule has 0 aliphatic rings. The maximum Gasteiger partial charge on any atom is 0.264 e. The summed E-state index contributed by atoms with van der Waals surface area (Å²) >= 11 is 1.75. The summed E-state index contributed by atoms with van der Waals surface area (Å²) in [6.07, 6.45) is 0. The summed E-state index contributed by atoms with van der Waals surface area (Å²) in [5.41, 5.74) is 5.01. The molecule has 0 saturated heterocycles. The van der Waals surface area contributed by atoms with E-state index >= 15 is 0 Å². The predicted molar refractivity (Wildman–Crippen MR) is 153 cm³/mol. The molecular weight excluding hydrogens is 500 g/mol. The number of sulfonamides is 1. The molecule has 37 heavy (non-hydrogen) atoms. The quantitative estimate of drug-likeness (QED) is 0.244. The number of carbonyl (C=O) groups is 1. The van der Waals surface area contributed by atoms with E-state index in [1.165, 1.54) is 9.20 Å². The third-order valence-corrected chi connectivity index (χ3v) is 8.81. The summed E-state index contributed by atoms with van der Waals surface area (Å²) < 4.78 is 28.4. The average Bonchev–Trinajstić information content (AvgIpc) is 2.89. The van der Waals surface area contributed by atoms with Gasteiger partial charge in [0.2, 0.25) is 5.91 Å². The summed E-state index contributed by atoms with van der Waals surface area (Å²) in [6, 6.07) is 29.8. The zero-order valence-electron chi connectivity index (χ0n) is 21.1. The van der Waals surface area contributed by atoms with E-state index in [0.29, 0.717) is 11.4 Å². The monoisotopic (exact) mass is 530 g/mol. The van der Waals surface area contributed by atoms with Crippen LogP contribution in [-0.4, -0.2) is 20.9 Å². The second kappa shape index (κ2) is 11.7. The fourth-order valence-corrected chi connectivity index (χ4v) is 6.43. The highest BCUT2D eigenvalue weighted by Gasteiger charge is 2.28. The van der Waals surface area contributed by atoms with Crippen LogP contribution in [-0.2, 0) is 20.6 Å². The minimum Gasteiger partial charge on any atom is -0.324 e. The number of carbonyl (C=O) groups excluding carboxylic acids is 1. The van der Waals surface area contributed by atoms with Crippen molar-refractivity contribution in [1.82, 2.24) is 0 Å². The van der Waals surface area contributed by atoms with Crippen molar-refractivity contribution < 1.29 is 13.2 Å². The Hall–Kier alpha value is -3.55. The first-order valence-corrected chi connectivity index (χ1v) is 14.4. The van der Waals surface area contributed by atoms with Crippen LogP contribution in [0.1, 0.15) is 22.3 Å². The van der Waals surface area contributed by atoms with Gasteiger partial charge in [0.15, 0.2) is 0 Å². The number of aryl methyl sites for hydroxylation is 3. The van der Waals surface area contributed by atoms with Gasteiger partial charge in [-0.2, -0.15) is 0 Å². The highest BCUT2D eigenvalue weighted by molar-refractivity contribution is 7.98. The van der Waals surface area contributed by atoms with Crippen molar-refractivity contribution in [2.75, 3.05) is 16.2 Å². The number of hydrogen-bond donors (Lipinski definition) is 1. The lowest BCUT2D eigenvalue weighted by atomic mass is 10.1. The molecule has 1 amide bonds. The molecular formula is C30H30N2O3S2. The summed E-state index contributed by atoms with van der Waals surface area (Å²) in [7, 11) is -3.96. The standard InChI is InChI=1S/C30H30N2O3S2/c1-22-14-17-29(24(3)18-22)32(37(34,35)27-12-8-5-9-13-27)20-30(33)31-28-16-15-25(19-23(28)2)21-36-26-10-6-4-7-11-26/h4-19H,20-21H2,1-3H3,(H,31,33). The molecule has 1 N–H and O–H groups in total. The van der Waals surface area contributed by atoms with E-state index in [2.05, 4.69) is 17.4 Å². The number of amides is 1. The first-order chi connectivity index (χ1) is 17.7. The van der Waals surface area contributed by atoms with Gasteiger partial charge in [-0.15, -0.1) is 11.8 Å². The highest BCUT2D eigenvalue weighted by Crippen LogP contribution is 2.28. The van der Waals surface area contributed by atoms with Gasteiger partial charge in [0.05, 0.1) is 10.6 Å². The van der Waals surface area contributed by atoms with Crippen molar-refractivity contribution in [3.05, 3.63) is 119 Å². The number of rotatable bonds is 9. The van der Waals surface area contributed by atoms with Crippen LogP contribution in [0, 0.1) is 20.8 Å². The van der Waals surface area contributed by atoms with E-state index in [1.54, 1.807) is 48.2 Å². The SMILES string of the molecule is Cc1ccc(N(CC(=O)Nc2ccc(CSc3ccccc3)cc2C)S(=O)(=O)c2ccccc2)c(C)c1. The van der Waals surface area contributed by atoms with Crippen molar-refractivity contribution in [3.63, 3.8) is 0 Å². The molecule has 4 aromatic rings. The molecule has 0 aliphatic heterocycles. The van der Waals surface area contributed by atoms with Crippen LogP contribution in [0.4, 0.5) is 11.4 Å². The molecule has 0 saturated carbocycles. The van der Waals surface area contributed by atoms with Crippen molar-refractivity contribution in [2.24, 2.45) is 0 Å². The maximum absolute atomic E-state index is 13.6. The second-order valence-corrected chi connectivity index (χ2v) is 11.8. The predicted octanol–water partition coefficient (Wildman–Crippen LogP) is 6.74. The number of thioether (sulfide) groups is 1. The van der Waals surface area contributed by atoms with Crippen molar-refractivity contribution in [2.45, 2.75) is 36.3 Å². The first-order valence-electron chi connectivity index (χ1n) is 12.0. The summed E-state index contributed by atoms with van der Waals surface area (Å²) in [5, 5.41) is 2.91. The van der Waals surface area contributed by atoms with Crippen molar-refractivity contribution >= 4 is 39.1 Å². The van der Waals surface area contributed by atoms with Crippen LogP contribution < -0.4 is 9.62 Å². The molecule has 0 aliphatic carbocycles. The van der Waals surface area contributed by atoms with Gasteiger partial charge in [0.25, 0.3) is 10.0 Å². The van der Waals surface area contributed by atoms with Gasteiger partial charge in [0.1, 0.15) is 6.54 Å². The third-order valence-electron chi connectivity index (χ3n) is 5.95. The fourth-order valence-electron chi connectivity index (χ4n) is 4.06. The second-order valence-electron chi connectivity index (χ2n) is 8.91. The molecule has 7 heteroatoms. The van der Waals surface area contributed by atoms with Gasteiger partial charge >= 0.3 is 0 Å². The smallest absolute Gasteiger partial charge is 0.264 e. The molecule has 0 atom stereocenters. The van der Waals surface area contributed by atoms with E-state index in [-0.39, 0.29) is 11.4 Å². The van der Waals surface area contributed by atoms with E-state index < -0.39 is 15.9 Å². The van der Waals surface area contributed by atoms with E-state index in [4.69, 9.17) is 0 Å². The molecule has 5 nitrogen and oxygen atoms in total. The van der Waals surface area contributed by atoms with Gasteiger partial charge < -0.3 is 5.32 Å². The number of nitrogens with one attached hydrogen (secondary N) is 1. The maximum atomic E-state index is 13.6. The molecule has 0 spiro atoms. The lowest BCUT2D eigenvalue weighted by Gasteiger charge is -2.26. The topological polar surface area (TPSA) is 66.5 Å². The molecule has 0 unspecified atom stereocenters. The molecule has 4 aromatic carbocycles. The van der Waals surface area contributed by atoms with E-state index in [0.717, 1.165) is 28.0 Å². The minimum absolute atomic E-state index is 0.138. The third kappa shape index (κ3) is 6.61. The van der Waals surface area contributed by atoms with Crippen molar-refractivity contribution in [1.29, 1.82) is 0 Å². The molecule has 0 fully saturated rings. The number of benzene rings is 4. The Morgan fingerprint density at radius 1 is 0.811 bits per heavy atom. The van der Waals surface area contributed by atoms with Gasteiger partial charge in [-0.05, 0) is 73.9 Å². The van der Waals surface area contributed by atoms with Crippen LogP contribution in [0.5, 0.6) is 0 Å². The van der Waals surface area contributed by atoms with Crippen LogP contribution in [0.25, 0.3) is 0 Å². The molecule has 0 bridgehead atoms. The molecule has 0 heterocycles. The van der Waals surface area contributed by atoms with E-state index in [1.807, 2.05) is 69.3 Å². The Kier molecular flexibility index (Phi) is 8.36. The molecule has 0 radical (unpaired) electrons. The Morgan fingerprint density at radius 2 is 1.49 bits per heavy atom. The summed E-state index contributed by atoms with van der Waals surface area (Å²) in [6.45, 7) is 5.40. The normalized spacial score (nSPS) is 11.2.